The van der Waals surface area contributed by atoms with Gasteiger partial charge in [0.1, 0.15) is 36.4 Å². The molecule has 4 N–H and O–H groups in total. The lowest BCUT2D eigenvalue weighted by Crippen LogP contribution is -2.74. The van der Waals surface area contributed by atoms with Crippen LogP contribution in [-0.4, -0.2) is 145 Å². The first kappa shape index (κ1) is 56.0. The summed E-state index contributed by atoms with van der Waals surface area (Å²) in [6, 6.07) is 13.7. The molecule has 408 valence electrons. The SMILES string of the molecule is Cc1ncsc1-c1ccc([C@@H](NC(=O)[C@@H]2C[C@@H](O)CN2C(=O)C(NC(=O)COCCN2CCN(c3ccc(C(=O)NC4C(C)(C)C(Oc5ccc(C#N)c(C(F)(F)F)c5)C4(C)C)cn3)CC2)C(C)(C)C)C2COC2)cc1. The van der Waals surface area contributed by atoms with Crippen molar-refractivity contribution in [2.45, 2.75) is 104 Å². The predicted octanol–water partition coefficient (Wildman–Crippen LogP) is 6.15. The van der Waals surface area contributed by atoms with Gasteiger partial charge in [0.05, 0.1) is 70.8 Å². The molecule has 17 nitrogen and oxygen atoms in total. The first-order valence-electron chi connectivity index (χ1n) is 25.6. The smallest absolute Gasteiger partial charge is 0.417 e. The number of carbonyl (C=O) groups is 4. The molecule has 4 amide bonds. The number of thiazole rings is 1. The molecule has 76 heavy (non-hydrogen) atoms. The zero-order valence-corrected chi connectivity index (χ0v) is 45.0. The molecule has 2 aromatic heterocycles. The summed E-state index contributed by atoms with van der Waals surface area (Å²) in [6.07, 6.45) is -4.61. The zero-order valence-electron chi connectivity index (χ0n) is 44.2. The Morgan fingerprint density at radius 1 is 0.961 bits per heavy atom. The third-order valence-corrected chi connectivity index (χ3v) is 16.2. The van der Waals surface area contributed by atoms with Gasteiger partial charge < -0.3 is 45.1 Å². The van der Waals surface area contributed by atoms with Crippen molar-refractivity contribution < 1.29 is 51.7 Å². The lowest BCUT2D eigenvalue weighted by molar-refractivity contribution is -0.164. The van der Waals surface area contributed by atoms with E-state index in [9.17, 15) is 42.7 Å². The number of β-amino-alcohol motifs (C(OH)–C–C–N with tert-alkyl or cyclic N) is 1. The zero-order chi connectivity index (χ0) is 54.9. The summed E-state index contributed by atoms with van der Waals surface area (Å²) in [5, 5.41) is 29.1. The molecule has 8 rings (SSSR count). The summed E-state index contributed by atoms with van der Waals surface area (Å²) in [4.78, 5) is 71.0. The van der Waals surface area contributed by atoms with Gasteiger partial charge in [-0.05, 0) is 53.8 Å². The van der Waals surface area contributed by atoms with Crippen LogP contribution >= 0.6 is 11.3 Å². The van der Waals surface area contributed by atoms with Gasteiger partial charge in [0.25, 0.3) is 5.91 Å². The van der Waals surface area contributed by atoms with Crippen LogP contribution in [0.5, 0.6) is 5.75 Å². The van der Waals surface area contributed by atoms with Crippen molar-refractivity contribution in [1.82, 2.24) is 35.7 Å². The van der Waals surface area contributed by atoms with Crippen molar-refractivity contribution in [1.29, 1.82) is 5.26 Å². The van der Waals surface area contributed by atoms with Crippen LogP contribution in [0.15, 0.2) is 66.3 Å². The number of halogens is 3. The fourth-order valence-corrected chi connectivity index (χ4v) is 12.1. The molecule has 0 radical (unpaired) electrons. The van der Waals surface area contributed by atoms with E-state index in [0.29, 0.717) is 57.3 Å². The number of carbonyl (C=O) groups excluding carboxylic acids is 4. The number of aliphatic hydroxyl groups excluding tert-OH is 1. The minimum Gasteiger partial charge on any atom is -0.489 e. The van der Waals surface area contributed by atoms with Gasteiger partial charge in [0.2, 0.25) is 17.7 Å². The van der Waals surface area contributed by atoms with E-state index in [1.165, 1.54) is 17.2 Å². The van der Waals surface area contributed by atoms with E-state index >= 15 is 0 Å². The molecule has 1 unspecified atom stereocenters. The number of nitrogens with zero attached hydrogens (tertiary/aromatic N) is 6. The Morgan fingerprint density at radius 2 is 1.66 bits per heavy atom. The van der Waals surface area contributed by atoms with Crippen LogP contribution < -0.4 is 25.6 Å². The summed E-state index contributed by atoms with van der Waals surface area (Å²) in [7, 11) is 0. The lowest BCUT2D eigenvalue weighted by Gasteiger charge is -2.63. The first-order chi connectivity index (χ1) is 35.9. The quantitative estimate of drug-likeness (QED) is 0.0876. The number of amides is 4. The second-order valence-corrected chi connectivity index (χ2v) is 23.4. The van der Waals surface area contributed by atoms with Gasteiger partial charge >= 0.3 is 6.18 Å². The molecule has 21 heteroatoms. The predicted molar refractivity (Wildman–Crippen MR) is 278 cm³/mol. The summed E-state index contributed by atoms with van der Waals surface area (Å²) >= 11 is 1.56. The van der Waals surface area contributed by atoms with E-state index in [0.717, 1.165) is 33.8 Å². The third kappa shape index (κ3) is 12.2. The van der Waals surface area contributed by atoms with Crippen LogP contribution in [-0.2, 0) is 30.0 Å². The third-order valence-electron chi connectivity index (χ3n) is 15.3. The number of aromatic nitrogens is 2. The second-order valence-electron chi connectivity index (χ2n) is 22.6. The minimum atomic E-state index is -4.72. The molecule has 3 saturated heterocycles. The monoisotopic (exact) mass is 1070 g/mol. The van der Waals surface area contributed by atoms with Crippen molar-refractivity contribution in [3.05, 3.63) is 94.3 Å². The molecule has 3 aliphatic heterocycles. The number of likely N-dealkylation sites (tertiary alicyclic amines) is 1. The Bertz CT molecular complexity index is 2770. The average Bonchev–Trinajstić information content (AvgIpc) is 3.98. The minimum absolute atomic E-state index is 0.0103. The van der Waals surface area contributed by atoms with Gasteiger partial charge in [-0.3, -0.25) is 24.1 Å². The number of benzene rings is 2. The normalized spacial score (nSPS) is 22.4. The lowest BCUT2D eigenvalue weighted by atomic mass is 9.49. The molecule has 4 fully saturated rings. The molecule has 1 saturated carbocycles. The summed E-state index contributed by atoms with van der Waals surface area (Å²) in [6.45, 7) is 19.2. The van der Waals surface area contributed by atoms with Crippen molar-refractivity contribution in [3.63, 3.8) is 0 Å². The summed E-state index contributed by atoms with van der Waals surface area (Å²) < 4.78 is 58.4. The van der Waals surface area contributed by atoms with Gasteiger partial charge in [-0.2, -0.15) is 18.4 Å². The van der Waals surface area contributed by atoms with Gasteiger partial charge in [-0.1, -0.05) is 72.7 Å². The van der Waals surface area contributed by atoms with Crippen molar-refractivity contribution in [2.75, 3.05) is 70.6 Å². The Kier molecular flexibility index (Phi) is 16.5. The van der Waals surface area contributed by atoms with Gasteiger partial charge in [-0.15, -0.1) is 11.3 Å². The van der Waals surface area contributed by atoms with Crippen LogP contribution in [0.2, 0.25) is 0 Å². The number of pyridine rings is 1. The highest BCUT2D eigenvalue weighted by Gasteiger charge is 2.64. The number of hydrogen-bond donors (Lipinski definition) is 4. The number of alkyl halides is 3. The maximum Gasteiger partial charge on any atom is 0.417 e. The topological polar surface area (TPSA) is 212 Å². The number of piperazine rings is 1. The van der Waals surface area contributed by atoms with E-state index in [4.69, 9.17) is 14.2 Å². The second kappa shape index (κ2) is 22.4. The van der Waals surface area contributed by atoms with Crippen molar-refractivity contribution >= 4 is 40.8 Å². The molecule has 4 atom stereocenters. The number of nitrogens with one attached hydrogen (secondary N) is 3. The highest BCUT2D eigenvalue weighted by Crippen LogP contribution is 2.56. The fraction of sp³-hybridized carbons (Fsp3) is 0.545. The number of nitriles is 1. The van der Waals surface area contributed by atoms with E-state index < -0.39 is 69.7 Å². The number of hydrogen-bond acceptors (Lipinski definition) is 14. The van der Waals surface area contributed by atoms with E-state index in [2.05, 4.69) is 35.7 Å². The van der Waals surface area contributed by atoms with Crippen molar-refractivity contribution in [2.24, 2.45) is 22.2 Å². The summed E-state index contributed by atoms with van der Waals surface area (Å²) in [5.74, 6) is -0.936. The van der Waals surface area contributed by atoms with E-state index in [1.807, 2.05) is 85.2 Å². The van der Waals surface area contributed by atoms with Gasteiger partial charge in [0.15, 0.2) is 0 Å². The van der Waals surface area contributed by atoms with Crippen LogP contribution in [0, 0.1) is 40.4 Å². The number of aryl methyl sites for hydroxylation is 1. The summed E-state index contributed by atoms with van der Waals surface area (Å²) in [5.41, 5.74) is 1.43. The van der Waals surface area contributed by atoms with E-state index in [-0.39, 0.29) is 61.7 Å². The largest absolute Gasteiger partial charge is 0.489 e. The average molecular weight is 1070 g/mol. The maximum atomic E-state index is 14.3. The first-order valence-corrected chi connectivity index (χ1v) is 26.5. The van der Waals surface area contributed by atoms with Crippen LogP contribution in [0.3, 0.4) is 0 Å². The fourth-order valence-electron chi connectivity index (χ4n) is 11.3. The molecule has 2 aromatic carbocycles. The Balaban J connectivity index is 0.776. The number of rotatable bonds is 17. The molecule has 0 spiro atoms. The molecular weight excluding hydrogens is 1000 g/mol. The number of aliphatic hydroxyl groups is 1. The van der Waals surface area contributed by atoms with Crippen LogP contribution in [0.4, 0.5) is 19.0 Å². The van der Waals surface area contributed by atoms with E-state index in [1.54, 1.807) is 29.5 Å². The highest BCUT2D eigenvalue weighted by molar-refractivity contribution is 7.13. The van der Waals surface area contributed by atoms with Gasteiger partial charge in [-0.25, -0.2) is 9.97 Å². The van der Waals surface area contributed by atoms with Crippen molar-refractivity contribution in [3.8, 4) is 22.3 Å². The Morgan fingerprint density at radius 3 is 2.24 bits per heavy atom. The highest BCUT2D eigenvalue weighted by atomic mass is 32.1. The molecule has 0 bridgehead atoms. The number of anilines is 1. The van der Waals surface area contributed by atoms with Crippen LogP contribution in [0.1, 0.15) is 93.7 Å². The number of ether oxygens (including phenoxy) is 3. The molecule has 4 aliphatic rings. The van der Waals surface area contributed by atoms with Gasteiger partial charge in [0, 0.05) is 74.7 Å². The molecule has 4 aromatic rings. The van der Waals surface area contributed by atoms with Crippen LogP contribution in [0.25, 0.3) is 10.4 Å². The Hall–Kier alpha value is -6.18. The molecule has 5 heterocycles. The Labute approximate surface area is 445 Å². The molecular formula is C55H68F3N9O8S. The maximum absolute atomic E-state index is 14.3. The standard InChI is InChI=1S/C55H68F3N9O8S/c1-32-45(76-31-61-32)34-11-9-33(10-12-34)44(37-28-74-29-37)63-48(71)41-23-38(68)27-67(41)49(72)46(52(2,3)4)62-43(69)30-73-22-21-65-17-19-66(20-18-65)42-16-14-36(26-60-42)47(70)64-50-53(5,6)51(54(50,7)8)75-39-15-13-35(25-59)40(24-39)55(56,57)58/h9-16,24,26,31,37-38,41,44,46,50-51,68H,17-23,27-30H2,1-8H3,(H,62,69)(H,63,71)(H,64,70)/t38-,41+,44-,46?,50?,51?/m1/s1. The molecule has 1 aliphatic carbocycles.